The number of ether oxygens (including phenoxy) is 2. The van der Waals surface area contributed by atoms with Gasteiger partial charge in [-0.15, -0.1) is 0 Å². The molecule has 0 atom stereocenters. The number of hydrogen-bond acceptors (Lipinski definition) is 5. The van der Waals surface area contributed by atoms with Crippen LogP contribution >= 0.6 is 0 Å². The van der Waals surface area contributed by atoms with Gasteiger partial charge in [0.2, 0.25) is 0 Å². The summed E-state index contributed by atoms with van der Waals surface area (Å²) in [7, 11) is 1.95. The Kier molecular flexibility index (Phi) is 7.13. The predicted molar refractivity (Wildman–Crippen MR) is 71.2 cm³/mol. The minimum Gasteiger partial charge on any atom is -0.490 e. The zero-order valence-electron chi connectivity index (χ0n) is 11.1. The van der Waals surface area contributed by atoms with Crippen molar-refractivity contribution < 1.29 is 14.6 Å². The van der Waals surface area contributed by atoms with E-state index in [1.807, 2.05) is 24.1 Å². The summed E-state index contributed by atoms with van der Waals surface area (Å²) in [6, 6.07) is 3.79. The van der Waals surface area contributed by atoms with Crippen molar-refractivity contribution in [2.45, 2.75) is 13.3 Å². The second kappa shape index (κ2) is 8.72. The first-order chi connectivity index (χ1) is 8.79. The van der Waals surface area contributed by atoms with Gasteiger partial charge in [-0.3, -0.25) is 0 Å². The van der Waals surface area contributed by atoms with E-state index in [0.29, 0.717) is 26.4 Å². The average molecular weight is 254 g/mol. The Morgan fingerprint density at radius 3 is 2.89 bits per heavy atom. The standard InChI is InChI=1S/C13H22N2O3/c1-3-9-18-12-5-4-6-14-13(12)15(2)7-10-17-11-8-16/h4-6,16H,3,7-11H2,1-2H3. The number of aliphatic hydroxyl groups is 1. The molecule has 0 aliphatic carbocycles. The molecular weight excluding hydrogens is 232 g/mol. The van der Waals surface area contributed by atoms with Gasteiger partial charge >= 0.3 is 0 Å². The molecule has 18 heavy (non-hydrogen) atoms. The fourth-order valence-corrected chi connectivity index (χ4v) is 1.47. The third-order valence-electron chi connectivity index (χ3n) is 2.38. The van der Waals surface area contributed by atoms with Crippen molar-refractivity contribution >= 4 is 5.82 Å². The maximum absolute atomic E-state index is 8.62. The summed E-state index contributed by atoms with van der Waals surface area (Å²) in [5.74, 6) is 1.61. The van der Waals surface area contributed by atoms with E-state index < -0.39 is 0 Å². The fraction of sp³-hybridized carbons (Fsp3) is 0.615. The molecule has 0 aliphatic heterocycles. The largest absolute Gasteiger partial charge is 0.490 e. The molecule has 1 aromatic heterocycles. The lowest BCUT2D eigenvalue weighted by Crippen LogP contribution is -2.24. The minimum atomic E-state index is 0.0537. The molecule has 0 unspecified atom stereocenters. The quantitative estimate of drug-likeness (QED) is 0.673. The Balaban J connectivity index is 2.52. The molecule has 0 saturated heterocycles. The third kappa shape index (κ3) is 4.89. The van der Waals surface area contributed by atoms with E-state index in [-0.39, 0.29) is 6.61 Å². The molecule has 1 aromatic rings. The molecule has 102 valence electrons. The maximum atomic E-state index is 8.62. The number of hydrogen-bond donors (Lipinski definition) is 1. The van der Waals surface area contributed by atoms with Crippen molar-refractivity contribution in [3.8, 4) is 5.75 Å². The highest BCUT2D eigenvalue weighted by atomic mass is 16.5. The van der Waals surface area contributed by atoms with E-state index in [0.717, 1.165) is 18.0 Å². The molecule has 0 radical (unpaired) electrons. The van der Waals surface area contributed by atoms with Gasteiger partial charge in [0.25, 0.3) is 0 Å². The van der Waals surface area contributed by atoms with Crippen molar-refractivity contribution in [2.24, 2.45) is 0 Å². The van der Waals surface area contributed by atoms with Gasteiger partial charge < -0.3 is 19.5 Å². The highest BCUT2D eigenvalue weighted by molar-refractivity contribution is 5.51. The molecule has 5 nitrogen and oxygen atoms in total. The lowest BCUT2D eigenvalue weighted by atomic mass is 10.4. The van der Waals surface area contributed by atoms with Crippen LogP contribution in [0.15, 0.2) is 18.3 Å². The van der Waals surface area contributed by atoms with Crippen molar-refractivity contribution in [1.82, 2.24) is 4.98 Å². The summed E-state index contributed by atoms with van der Waals surface area (Å²) < 4.78 is 10.9. The second-order valence-electron chi connectivity index (χ2n) is 3.93. The van der Waals surface area contributed by atoms with E-state index in [4.69, 9.17) is 14.6 Å². The highest BCUT2D eigenvalue weighted by Crippen LogP contribution is 2.23. The molecule has 1 rings (SSSR count). The van der Waals surface area contributed by atoms with Crippen LogP contribution in [0.2, 0.25) is 0 Å². The van der Waals surface area contributed by atoms with Crippen LogP contribution in [0.3, 0.4) is 0 Å². The highest BCUT2D eigenvalue weighted by Gasteiger charge is 2.09. The van der Waals surface area contributed by atoms with Crippen LogP contribution in [0.5, 0.6) is 5.75 Å². The molecule has 0 bridgehead atoms. The lowest BCUT2D eigenvalue weighted by molar-refractivity contribution is 0.0970. The van der Waals surface area contributed by atoms with Crippen LogP contribution in [0.25, 0.3) is 0 Å². The number of aromatic nitrogens is 1. The number of aliphatic hydroxyl groups excluding tert-OH is 1. The number of nitrogens with zero attached hydrogens (tertiary/aromatic N) is 2. The van der Waals surface area contributed by atoms with Crippen LogP contribution in [0.1, 0.15) is 13.3 Å². The molecule has 1 N–H and O–H groups in total. The topological polar surface area (TPSA) is 54.8 Å². The summed E-state index contributed by atoms with van der Waals surface area (Å²) >= 11 is 0. The zero-order valence-corrected chi connectivity index (χ0v) is 11.1. The van der Waals surface area contributed by atoms with E-state index in [2.05, 4.69) is 11.9 Å². The monoisotopic (exact) mass is 254 g/mol. The minimum absolute atomic E-state index is 0.0537. The second-order valence-corrected chi connectivity index (χ2v) is 3.93. The Labute approximate surface area is 108 Å². The van der Waals surface area contributed by atoms with Crippen molar-refractivity contribution in [1.29, 1.82) is 0 Å². The Morgan fingerprint density at radius 1 is 1.33 bits per heavy atom. The molecule has 5 heteroatoms. The normalized spacial score (nSPS) is 10.4. The van der Waals surface area contributed by atoms with Crippen molar-refractivity contribution in [3.05, 3.63) is 18.3 Å². The van der Waals surface area contributed by atoms with Crippen LogP contribution in [0.4, 0.5) is 5.82 Å². The van der Waals surface area contributed by atoms with Crippen LogP contribution in [-0.2, 0) is 4.74 Å². The molecule has 0 fully saturated rings. The number of anilines is 1. The molecular formula is C13H22N2O3. The van der Waals surface area contributed by atoms with Gasteiger partial charge in [0.15, 0.2) is 11.6 Å². The number of pyridine rings is 1. The zero-order chi connectivity index (χ0) is 13.2. The summed E-state index contributed by atoms with van der Waals surface area (Å²) in [5.41, 5.74) is 0. The fourth-order valence-electron chi connectivity index (χ4n) is 1.47. The van der Waals surface area contributed by atoms with Gasteiger partial charge in [-0.2, -0.15) is 0 Å². The third-order valence-corrected chi connectivity index (χ3v) is 2.38. The number of likely N-dealkylation sites (N-methyl/N-ethyl adjacent to an activating group) is 1. The van der Waals surface area contributed by atoms with E-state index >= 15 is 0 Å². The lowest BCUT2D eigenvalue weighted by Gasteiger charge is -2.20. The number of rotatable bonds is 9. The van der Waals surface area contributed by atoms with Crippen molar-refractivity contribution in [2.75, 3.05) is 44.9 Å². The molecule has 0 spiro atoms. The molecule has 0 aliphatic rings. The summed E-state index contributed by atoms with van der Waals surface area (Å²) in [6.45, 7) is 4.45. The van der Waals surface area contributed by atoms with Gasteiger partial charge in [-0.1, -0.05) is 6.92 Å². The summed E-state index contributed by atoms with van der Waals surface area (Å²) in [5, 5.41) is 8.62. The molecule has 0 amide bonds. The Morgan fingerprint density at radius 2 is 2.17 bits per heavy atom. The average Bonchev–Trinajstić information content (AvgIpc) is 2.41. The van der Waals surface area contributed by atoms with Crippen LogP contribution in [0, 0.1) is 0 Å². The summed E-state index contributed by atoms with van der Waals surface area (Å²) in [6.07, 6.45) is 2.72. The first-order valence-corrected chi connectivity index (χ1v) is 6.27. The molecule has 0 saturated carbocycles. The summed E-state index contributed by atoms with van der Waals surface area (Å²) in [4.78, 5) is 6.31. The van der Waals surface area contributed by atoms with E-state index in [1.165, 1.54) is 0 Å². The van der Waals surface area contributed by atoms with Gasteiger partial charge in [-0.05, 0) is 18.6 Å². The van der Waals surface area contributed by atoms with Gasteiger partial charge in [0.05, 0.1) is 26.4 Å². The van der Waals surface area contributed by atoms with Crippen molar-refractivity contribution in [3.63, 3.8) is 0 Å². The van der Waals surface area contributed by atoms with Gasteiger partial charge in [0, 0.05) is 19.8 Å². The first kappa shape index (κ1) is 14.7. The predicted octanol–water partition coefficient (Wildman–Crippen LogP) is 1.32. The molecule has 1 heterocycles. The SMILES string of the molecule is CCCOc1cccnc1N(C)CCOCCO. The Bertz CT molecular complexity index is 334. The van der Waals surface area contributed by atoms with Gasteiger partial charge in [-0.25, -0.2) is 4.98 Å². The van der Waals surface area contributed by atoms with Crippen LogP contribution < -0.4 is 9.64 Å². The van der Waals surface area contributed by atoms with E-state index in [1.54, 1.807) is 6.20 Å². The van der Waals surface area contributed by atoms with Gasteiger partial charge in [0.1, 0.15) is 0 Å². The van der Waals surface area contributed by atoms with E-state index in [9.17, 15) is 0 Å². The smallest absolute Gasteiger partial charge is 0.171 e. The maximum Gasteiger partial charge on any atom is 0.171 e. The first-order valence-electron chi connectivity index (χ1n) is 6.27. The molecule has 0 aromatic carbocycles. The Hall–Kier alpha value is -1.33. The van der Waals surface area contributed by atoms with Crippen LogP contribution in [-0.4, -0.2) is 50.1 Å².